The number of hydrogen-bond acceptors (Lipinski definition) is 8. The summed E-state index contributed by atoms with van der Waals surface area (Å²) >= 11 is 0. The molecule has 4 aliphatic rings. The average molecular weight is 857 g/mol. The molecular weight excluding hydrogens is 803 g/mol. The highest BCUT2D eigenvalue weighted by Gasteiger charge is 2.44. The highest BCUT2D eigenvalue weighted by atomic mass is 32.2. The Morgan fingerprint density at radius 1 is 0.746 bits per heavy atom. The van der Waals surface area contributed by atoms with E-state index in [9.17, 15) is 40.3 Å². The van der Waals surface area contributed by atoms with Crippen molar-refractivity contribution in [3.05, 3.63) is 94.1 Å². The maximum absolute atomic E-state index is 14.2. The van der Waals surface area contributed by atoms with Crippen LogP contribution in [0.3, 0.4) is 0 Å². The van der Waals surface area contributed by atoms with Gasteiger partial charge in [-0.05, 0) is 119 Å². The fraction of sp³-hybridized carbons (Fsp3) is 0.524. The van der Waals surface area contributed by atoms with Gasteiger partial charge in [-0.3, -0.25) is 19.0 Å². The molecule has 13 nitrogen and oxygen atoms in total. The topological polar surface area (TPSA) is 196 Å². The molecule has 4 aliphatic carbocycles. The number of aromatic nitrogens is 4. The number of carbonyl (C=O) groups excluding carboxylic acids is 1. The van der Waals surface area contributed by atoms with Crippen molar-refractivity contribution in [1.82, 2.24) is 24.3 Å². The number of rotatable bonds is 9. The second kappa shape index (κ2) is 15.8. The number of fused-ring (bicyclic) bond motifs is 2. The van der Waals surface area contributed by atoms with E-state index in [1.807, 2.05) is 55.4 Å². The van der Waals surface area contributed by atoms with Gasteiger partial charge in [0.1, 0.15) is 21.4 Å². The molecule has 0 spiro atoms. The first-order chi connectivity index (χ1) is 27.3. The van der Waals surface area contributed by atoms with Gasteiger partial charge in [0, 0.05) is 12.4 Å². The van der Waals surface area contributed by atoms with Crippen LogP contribution < -0.4 is 9.86 Å². The third-order valence-electron chi connectivity index (χ3n) is 11.7. The van der Waals surface area contributed by atoms with Gasteiger partial charge < -0.3 is 5.11 Å². The Labute approximate surface area is 344 Å². The first-order valence-electron chi connectivity index (χ1n) is 19.9. The van der Waals surface area contributed by atoms with E-state index in [1.54, 1.807) is 9.36 Å². The van der Waals surface area contributed by atoms with Crippen LogP contribution >= 0.6 is 0 Å². The van der Waals surface area contributed by atoms with Gasteiger partial charge in [0.25, 0.3) is 10.0 Å². The Morgan fingerprint density at radius 2 is 1.15 bits per heavy atom. The Hall–Kier alpha value is -4.48. The van der Waals surface area contributed by atoms with Crippen LogP contribution in [0.2, 0.25) is 0 Å². The zero-order valence-electron chi connectivity index (χ0n) is 34.7. The van der Waals surface area contributed by atoms with Gasteiger partial charge in [-0.25, -0.2) is 35.5 Å². The van der Waals surface area contributed by atoms with Crippen molar-refractivity contribution in [2.45, 2.75) is 150 Å². The first-order valence-corrected chi connectivity index (χ1v) is 22.9. The minimum atomic E-state index is -4.02. The molecule has 0 radical (unpaired) electrons. The van der Waals surface area contributed by atoms with Crippen molar-refractivity contribution in [3.63, 3.8) is 0 Å². The molecule has 0 saturated heterocycles. The molecule has 2 unspecified atom stereocenters. The molecule has 17 heteroatoms. The van der Waals surface area contributed by atoms with Crippen LogP contribution in [0.25, 0.3) is 0 Å². The number of hydrogen-bond donors (Lipinski definition) is 3. The van der Waals surface area contributed by atoms with Crippen molar-refractivity contribution < 1.29 is 40.3 Å². The predicted octanol–water partition coefficient (Wildman–Crippen LogP) is 7.41. The summed E-state index contributed by atoms with van der Waals surface area (Å²) in [5.74, 6) is -3.00. The lowest BCUT2D eigenvalue weighted by Crippen LogP contribution is -2.34. The van der Waals surface area contributed by atoms with Gasteiger partial charge in [0.15, 0.2) is 0 Å². The first kappa shape index (κ1) is 44.1. The molecular formula is C42H54F2N6O7S2. The lowest BCUT2D eigenvalue weighted by molar-refractivity contribution is -0.139. The predicted molar refractivity (Wildman–Crippen MR) is 217 cm³/mol. The number of primary sulfonamides is 1. The number of nitrogens with zero attached hydrogens (tertiary/aromatic N) is 4. The molecule has 2 aromatic heterocycles. The fourth-order valence-electron chi connectivity index (χ4n) is 8.28. The normalized spacial score (nSPS) is 20.3. The van der Waals surface area contributed by atoms with Gasteiger partial charge in [-0.15, -0.1) is 0 Å². The van der Waals surface area contributed by atoms with Crippen molar-refractivity contribution in [2.24, 2.45) is 5.14 Å². The number of aliphatic carboxylic acids is 1. The van der Waals surface area contributed by atoms with E-state index < -0.39 is 49.2 Å². The number of amides is 1. The Kier molecular flexibility index (Phi) is 11.8. The van der Waals surface area contributed by atoms with Gasteiger partial charge >= 0.3 is 5.97 Å². The van der Waals surface area contributed by atoms with Gasteiger partial charge in [0.2, 0.25) is 15.9 Å². The minimum absolute atomic E-state index is 0.0111. The molecule has 0 aliphatic heterocycles. The summed E-state index contributed by atoms with van der Waals surface area (Å²) in [4.78, 5) is 24.6. The number of halogens is 2. The number of carboxylic acids is 1. The Bertz CT molecular complexity index is 2500. The largest absolute Gasteiger partial charge is 0.481 e. The van der Waals surface area contributed by atoms with Crippen LogP contribution in [0.4, 0.5) is 8.78 Å². The molecule has 4 aromatic rings. The monoisotopic (exact) mass is 856 g/mol. The Morgan fingerprint density at radius 3 is 1.54 bits per heavy atom. The van der Waals surface area contributed by atoms with E-state index in [-0.39, 0.29) is 44.7 Å². The maximum Gasteiger partial charge on any atom is 0.311 e. The summed E-state index contributed by atoms with van der Waals surface area (Å²) < 4.78 is 80.6. The maximum atomic E-state index is 14.2. The quantitative estimate of drug-likeness (QED) is 0.154. The Balaban J connectivity index is 0.000000165. The van der Waals surface area contributed by atoms with Gasteiger partial charge in [0.05, 0.1) is 36.3 Å². The number of carboxylic acid groups (broad SMARTS) is 1. The number of nitrogens with one attached hydrogen (secondary N) is 1. The fourth-order valence-corrected chi connectivity index (χ4v) is 9.68. The molecule has 0 bridgehead atoms. The number of nitrogens with two attached hydrogens (primary N) is 1. The van der Waals surface area contributed by atoms with Crippen molar-refractivity contribution >= 4 is 31.9 Å². The summed E-state index contributed by atoms with van der Waals surface area (Å²) in [6.07, 6.45) is 10.6. The van der Waals surface area contributed by atoms with Gasteiger partial charge in [-0.1, -0.05) is 55.4 Å². The zero-order chi connectivity index (χ0) is 43.6. The third kappa shape index (κ3) is 9.46. The molecule has 2 heterocycles. The lowest BCUT2D eigenvalue weighted by atomic mass is 9.85. The van der Waals surface area contributed by atoms with E-state index in [0.717, 1.165) is 59.1 Å². The van der Waals surface area contributed by atoms with E-state index in [0.29, 0.717) is 18.9 Å². The third-order valence-corrected chi connectivity index (χ3v) is 13.8. The van der Waals surface area contributed by atoms with Crippen LogP contribution in [0, 0.1) is 11.6 Å². The van der Waals surface area contributed by atoms with Crippen LogP contribution in [0.15, 0.2) is 58.8 Å². The summed E-state index contributed by atoms with van der Waals surface area (Å²) in [5.41, 5.74) is 4.12. The van der Waals surface area contributed by atoms with E-state index in [2.05, 4.69) is 14.9 Å². The summed E-state index contributed by atoms with van der Waals surface area (Å²) in [6.45, 7) is 15.7. The van der Waals surface area contributed by atoms with E-state index in [4.69, 9.17) is 5.14 Å². The second-order valence-corrected chi connectivity index (χ2v) is 21.4. The number of carbonyl (C=O) groups is 2. The molecule has 4 N–H and O–H groups in total. The molecule has 2 aromatic carbocycles. The molecule has 59 heavy (non-hydrogen) atoms. The zero-order valence-corrected chi connectivity index (χ0v) is 36.3. The second-order valence-electron chi connectivity index (χ2n) is 18.1. The van der Waals surface area contributed by atoms with Crippen LogP contribution in [-0.4, -0.2) is 53.4 Å². The van der Waals surface area contributed by atoms with Crippen molar-refractivity contribution in [3.8, 4) is 0 Å². The molecule has 1 amide bonds. The SMILES string of the molecule is CC(C)c1cc(F)cc2c1C(C(=O)NS(=O)(=O)c1cnn(C3CC3)c1)CC2(C)C.CC(C)c1cc(F)cc2c1C(C(=O)O)CC2(C)C.NS(=O)(=O)c1cnn(C2CC2)c1. The summed E-state index contributed by atoms with van der Waals surface area (Å²) in [7, 11) is -7.59. The van der Waals surface area contributed by atoms with E-state index in [1.165, 1.54) is 49.1 Å². The smallest absolute Gasteiger partial charge is 0.311 e. The highest BCUT2D eigenvalue weighted by molar-refractivity contribution is 7.90. The summed E-state index contributed by atoms with van der Waals surface area (Å²) in [6, 6.07) is 6.56. The van der Waals surface area contributed by atoms with Crippen LogP contribution in [-0.2, 0) is 40.5 Å². The average Bonchev–Trinajstić information content (AvgIpc) is 4.00. The van der Waals surface area contributed by atoms with Crippen molar-refractivity contribution in [2.75, 3.05) is 0 Å². The molecule has 2 atom stereocenters. The van der Waals surface area contributed by atoms with Crippen LogP contribution in [0.1, 0.15) is 163 Å². The van der Waals surface area contributed by atoms with Crippen LogP contribution in [0.5, 0.6) is 0 Å². The molecule has 320 valence electrons. The van der Waals surface area contributed by atoms with Crippen molar-refractivity contribution in [1.29, 1.82) is 0 Å². The minimum Gasteiger partial charge on any atom is -0.481 e. The highest BCUT2D eigenvalue weighted by Crippen LogP contribution is 2.50. The van der Waals surface area contributed by atoms with Gasteiger partial charge in [-0.2, -0.15) is 10.2 Å². The lowest BCUT2D eigenvalue weighted by Gasteiger charge is -2.20. The van der Waals surface area contributed by atoms with E-state index >= 15 is 0 Å². The molecule has 2 fully saturated rings. The molecule has 8 rings (SSSR count). The standard InChI is InChI=1S/C21H26FN3O3S.C15H19FO2.C6H9N3O2S/c1-12(2)16-7-13(22)8-18-19(16)17(9-21(18,3)4)20(26)24-29(27,28)15-10-23-25(11-15)14-5-6-14;1-8(2)10-5-9(16)6-12-13(10)11(14(17)18)7-15(12,3)4;7-12(10,11)6-3-8-9(4-6)5-1-2-5/h7-8,10-12,14,17H,5-6,9H2,1-4H3,(H,24,26);5-6,8,11H,7H2,1-4H3,(H,17,18);3-5H,1-2H2,(H2,7,10,11). The molecule has 2 saturated carbocycles. The number of benzene rings is 2. The summed E-state index contributed by atoms with van der Waals surface area (Å²) in [5, 5.41) is 22.3. The number of sulfonamides is 2.